The Morgan fingerprint density at radius 3 is 2.67 bits per heavy atom. The van der Waals surface area contributed by atoms with Gasteiger partial charge in [-0.15, -0.1) is 0 Å². The molecule has 1 aromatic rings. The highest BCUT2D eigenvalue weighted by atomic mass is 35.5. The zero-order valence-electron chi connectivity index (χ0n) is 9.53. The molecule has 5 heteroatoms. The van der Waals surface area contributed by atoms with Gasteiger partial charge in [-0.1, -0.05) is 23.7 Å². The van der Waals surface area contributed by atoms with E-state index in [0.717, 1.165) is 17.0 Å². The second kappa shape index (κ2) is 4.38. The van der Waals surface area contributed by atoms with E-state index in [4.69, 9.17) is 11.6 Å². The number of nitrogens with one attached hydrogen (secondary N) is 3. The van der Waals surface area contributed by atoms with Crippen molar-refractivity contribution >= 4 is 23.2 Å². The van der Waals surface area contributed by atoms with E-state index in [1.165, 1.54) is 0 Å². The van der Waals surface area contributed by atoms with Gasteiger partial charge in [0.15, 0.2) is 0 Å². The number of benzene rings is 1. The lowest BCUT2D eigenvalue weighted by molar-refractivity contribution is -0.123. The van der Waals surface area contributed by atoms with Crippen LogP contribution in [0.15, 0.2) is 42.1 Å². The first-order valence-corrected chi connectivity index (χ1v) is 6.08. The number of hydrogen-bond acceptors (Lipinski definition) is 3. The van der Waals surface area contributed by atoms with Gasteiger partial charge in [-0.25, -0.2) is 0 Å². The standard InChI is InChI=1S/C13H12ClN3O/c14-9-3-1-8(2-4-9)10-5-6-11-12(17-10)13(18)16-7-15-11/h1-6,12,15,17H,7H2,(H,16,18). The molecular formula is C13H12ClN3O. The smallest absolute Gasteiger partial charge is 0.250 e. The summed E-state index contributed by atoms with van der Waals surface area (Å²) < 4.78 is 0. The molecule has 0 radical (unpaired) electrons. The minimum Gasteiger partial charge on any atom is -0.369 e. The molecule has 1 fully saturated rings. The molecule has 2 aliphatic heterocycles. The number of carbonyl (C=O) groups is 1. The molecule has 0 bridgehead atoms. The van der Waals surface area contributed by atoms with Crippen LogP contribution in [-0.2, 0) is 4.79 Å². The van der Waals surface area contributed by atoms with Gasteiger partial charge in [0.25, 0.3) is 0 Å². The van der Waals surface area contributed by atoms with E-state index in [1.54, 1.807) is 0 Å². The summed E-state index contributed by atoms with van der Waals surface area (Å²) in [6.45, 7) is 0.479. The summed E-state index contributed by atoms with van der Waals surface area (Å²) in [4.78, 5) is 11.8. The molecule has 4 nitrogen and oxygen atoms in total. The largest absolute Gasteiger partial charge is 0.369 e. The molecule has 1 aromatic carbocycles. The molecule has 3 N–H and O–H groups in total. The summed E-state index contributed by atoms with van der Waals surface area (Å²) >= 11 is 5.86. The number of carbonyl (C=O) groups excluding carboxylic acids is 1. The molecule has 1 saturated heterocycles. The van der Waals surface area contributed by atoms with Gasteiger partial charge in [-0.2, -0.15) is 0 Å². The first-order valence-electron chi connectivity index (χ1n) is 5.70. The molecule has 0 aromatic heterocycles. The number of hydrogen-bond donors (Lipinski definition) is 3. The number of amides is 1. The van der Waals surface area contributed by atoms with Crippen LogP contribution in [0.4, 0.5) is 0 Å². The average Bonchev–Trinajstić information content (AvgIpc) is 2.40. The van der Waals surface area contributed by atoms with Crippen molar-refractivity contribution in [3.8, 4) is 0 Å². The third-order valence-corrected chi connectivity index (χ3v) is 3.26. The lowest BCUT2D eigenvalue weighted by Gasteiger charge is -2.31. The van der Waals surface area contributed by atoms with Crippen LogP contribution >= 0.6 is 11.6 Å². The quantitative estimate of drug-likeness (QED) is 0.712. The zero-order valence-corrected chi connectivity index (χ0v) is 10.3. The fourth-order valence-electron chi connectivity index (χ4n) is 2.06. The molecule has 1 atom stereocenters. The van der Waals surface area contributed by atoms with Gasteiger partial charge in [0, 0.05) is 16.4 Å². The minimum atomic E-state index is -0.338. The van der Waals surface area contributed by atoms with Gasteiger partial charge in [-0.3, -0.25) is 4.79 Å². The summed E-state index contributed by atoms with van der Waals surface area (Å²) in [7, 11) is 0. The maximum Gasteiger partial charge on any atom is 0.250 e. The van der Waals surface area contributed by atoms with E-state index in [9.17, 15) is 4.79 Å². The molecule has 1 unspecified atom stereocenters. The highest BCUT2D eigenvalue weighted by molar-refractivity contribution is 6.30. The number of allylic oxidation sites excluding steroid dienone is 2. The Bertz CT molecular complexity index is 548. The minimum absolute atomic E-state index is 0.0143. The van der Waals surface area contributed by atoms with Crippen molar-refractivity contribution in [2.75, 3.05) is 6.67 Å². The van der Waals surface area contributed by atoms with Crippen LogP contribution < -0.4 is 16.0 Å². The van der Waals surface area contributed by atoms with Crippen LogP contribution in [0.25, 0.3) is 5.70 Å². The Morgan fingerprint density at radius 1 is 1.11 bits per heavy atom. The normalized spacial score (nSPS) is 21.8. The summed E-state index contributed by atoms with van der Waals surface area (Å²) in [6.07, 6.45) is 3.89. The first-order chi connectivity index (χ1) is 8.74. The Kier molecular flexibility index (Phi) is 2.72. The van der Waals surface area contributed by atoms with Crippen LogP contribution in [-0.4, -0.2) is 18.6 Å². The maximum absolute atomic E-state index is 11.8. The maximum atomic E-state index is 11.8. The fraction of sp³-hybridized carbons (Fsp3) is 0.154. The second-order valence-electron chi connectivity index (χ2n) is 4.18. The van der Waals surface area contributed by atoms with E-state index in [1.807, 2.05) is 36.4 Å². The van der Waals surface area contributed by atoms with Crippen molar-refractivity contribution in [1.29, 1.82) is 0 Å². The topological polar surface area (TPSA) is 53.2 Å². The van der Waals surface area contributed by atoms with Crippen molar-refractivity contribution in [2.45, 2.75) is 6.04 Å². The number of halogens is 1. The van der Waals surface area contributed by atoms with Gasteiger partial charge < -0.3 is 16.0 Å². The van der Waals surface area contributed by atoms with Crippen LogP contribution in [0.2, 0.25) is 5.02 Å². The molecule has 0 spiro atoms. The monoisotopic (exact) mass is 261 g/mol. The molecule has 92 valence electrons. The lowest BCUT2D eigenvalue weighted by Crippen LogP contribution is -2.56. The summed E-state index contributed by atoms with van der Waals surface area (Å²) in [5.41, 5.74) is 2.82. The predicted molar refractivity (Wildman–Crippen MR) is 70.6 cm³/mol. The highest BCUT2D eigenvalue weighted by Gasteiger charge is 2.28. The average molecular weight is 262 g/mol. The Hall–Kier alpha value is -1.94. The van der Waals surface area contributed by atoms with Crippen LogP contribution in [0.1, 0.15) is 5.56 Å². The Balaban J connectivity index is 1.91. The second-order valence-corrected chi connectivity index (χ2v) is 4.62. The van der Waals surface area contributed by atoms with Gasteiger partial charge >= 0.3 is 0 Å². The van der Waals surface area contributed by atoms with E-state index in [0.29, 0.717) is 11.7 Å². The zero-order chi connectivity index (χ0) is 12.5. The third-order valence-electron chi connectivity index (χ3n) is 3.01. The third kappa shape index (κ3) is 1.95. The molecule has 2 heterocycles. The number of rotatable bonds is 1. The highest BCUT2D eigenvalue weighted by Crippen LogP contribution is 2.21. The van der Waals surface area contributed by atoms with Crippen molar-refractivity contribution in [3.63, 3.8) is 0 Å². The fourth-order valence-corrected chi connectivity index (χ4v) is 2.19. The first kappa shape index (κ1) is 11.2. The van der Waals surface area contributed by atoms with Crippen molar-refractivity contribution in [3.05, 3.63) is 52.7 Å². The molecule has 0 aliphatic carbocycles. The molecule has 1 amide bonds. The van der Waals surface area contributed by atoms with Gasteiger partial charge in [0.2, 0.25) is 5.91 Å². The van der Waals surface area contributed by atoms with Gasteiger partial charge in [-0.05, 0) is 29.8 Å². The van der Waals surface area contributed by atoms with Crippen LogP contribution in [0, 0.1) is 0 Å². The van der Waals surface area contributed by atoms with Crippen molar-refractivity contribution < 1.29 is 4.79 Å². The molecule has 18 heavy (non-hydrogen) atoms. The predicted octanol–water partition coefficient (Wildman–Crippen LogP) is 1.21. The number of fused-ring (bicyclic) bond motifs is 1. The van der Waals surface area contributed by atoms with Crippen molar-refractivity contribution in [1.82, 2.24) is 16.0 Å². The van der Waals surface area contributed by atoms with E-state index in [-0.39, 0.29) is 11.9 Å². The summed E-state index contributed by atoms with van der Waals surface area (Å²) in [5, 5.41) is 9.81. The number of dihydropyridines is 1. The van der Waals surface area contributed by atoms with E-state index in [2.05, 4.69) is 16.0 Å². The van der Waals surface area contributed by atoms with E-state index >= 15 is 0 Å². The SMILES string of the molecule is O=C1NCNC2=CC=C(c3ccc(Cl)cc3)NC12. The van der Waals surface area contributed by atoms with E-state index < -0.39 is 0 Å². The molecule has 3 rings (SSSR count). The van der Waals surface area contributed by atoms with Crippen LogP contribution in [0.5, 0.6) is 0 Å². The summed E-state index contributed by atoms with van der Waals surface area (Å²) in [6, 6.07) is 7.17. The molecule has 2 aliphatic rings. The molecule has 0 saturated carbocycles. The van der Waals surface area contributed by atoms with Gasteiger partial charge in [0.1, 0.15) is 6.04 Å². The van der Waals surface area contributed by atoms with Gasteiger partial charge in [0.05, 0.1) is 6.67 Å². The van der Waals surface area contributed by atoms with Crippen molar-refractivity contribution in [2.24, 2.45) is 0 Å². The summed E-state index contributed by atoms with van der Waals surface area (Å²) in [5.74, 6) is -0.0143. The Labute approximate surface area is 110 Å². The lowest BCUT2D eigenvalue weighted by atomic mass is 10.0. The Morgan fingerprint density at radius 2 is 1.89 bits per heavy atom. The molecular weight excluding hydrogens is 250 g/mol. The van der Waals surface area contributed by atoms with Crippen LogP contribution in [0.3, 0.4) is 0 Å².